The average molecular weight is 421 g/mol. The Morgan fingerprint density at radius 2 is 2.00 bits per heavy atom. The zero-order valence-electron chi connectivity index (χ0n) is 17.2. The SMILES string of the molecule is CCOC(=O)CN1C(=O)CCN(C(=O)c2cccc(C#N)c2)CC(O)c2ccccc21. The van der Waals surface area contributed by atoms with Crippen molar-refractivity contribution in [3.8, 4) is 6.07 Å². The molecule has 2 aromatic rings. The molecule has 1 aliphatic heterocycles. The number of carbonyl (C=O) groups excluding carboxylic acids is 3. The summed E-state index contributed by atoms with van der Waals surface area (Å²) in [5.41, 5.74) is 1.49. The minimum Gasteiger partial charge on any atom is -0.465 e. The maximum absolute atomic E-state index is 13.1. The highest BCUT2D eigenvalue weighted by molar-refractivity contribution is 5.99. The molecule has 0 bridgehead atoms. The van der Waals surface area contributed by atoms with E-state index < -0.39 is 12.1 Å². The zero-order valence-corrected chi connectivity index (χ0v) is 17.2. The highest BCUT2D eigenvalue weighted by atomic mass is 16.5. The number of para-hydroxylation sites is 1. The first-order chi connectivity index (χ1) is 14.9. The first-order valence-electron chi connectivity index (χ1n) is 9.97. The van der Waals surface area contributed by atoms with Crippen molar-refractivity contribution in [2.75, 3.05) is 31.1 Å². The number of nitriles is 1. The van der Waals surface area contributed by atoms with Gasteiger partial charge in [0, 0.05) is 24.1 Å². The normalized spacial score (nSPS) is 16.4. The van der Waals surface area contributed by atoms with E-state index in [2.05, 4.69) is 0 Å². The molecule has 0 aliphatic carbocycles. The van der Waals surface area contributed by atoms with Gasteiger partial charge < -0.3 is 19.6 Å². The lowest BCUT2D eigenvalue weighted by Crippen LogP contribution is -2.39. The summed E-state index contributed by atoms with van der Waals surface area (Å²) in [6.45, 7) is 1.61. The van der Waals surface area contributed by atoms with Crippen LogP contribution in [0.15, 0.2) is 48.5 Å². The lowest BCUT2D eigenvalue weighted by molar-refractivity contribution is -0.142. The van der Waals surface area contributed by atoms with E-state index in [1.165, 1.54) is 15.9 Å². The van der Waals surface area contributed by atoms with Crippen molar-refractivity contribution < 1.29 is 24.2 Å². The molecule has 1 atom stereocenters. The number of amides is 2. The van der Waals surface area contributed by atoms with Gasteiger partial charge in [-0.2, -0.15) is 5.26 Å². The van der Waals surface area contributed by atoms with Crippen LogP contribution in [0.2, 0.25) is 0 Å². The molecule has 31 heavy (non-hydrogen) atoms. The van der Waals surface area contributed by atoms with Gasteiger partial charge in [-0.3, -0.25) is 14.4 Å². The Morgan fingerprint density at radius 1 is 1.23 bits per heavy atom. The number of esters is 1. The Morgan fingerprint density at radius 3 is 2.74 bits per heavy atom. The zero-order chi connectivity index (χ0) is 22.4. The molecule has 2 amide bonds. The lowest BCUT2D eigenvalue weighted by atomic mass is 10.0. The Labute approximate surface area is 180 Å². The summed E-state index contributed by atoms with van der Waals surface area (Å²) in [6.07, 6.45) is -1.11. The molecule has 0 saturated heterocycles. The number of aliphatic hydroxyl groups excluding tert-OH is 1. The number of hydrogen-bond donors (Lipinski definition) is 1. The van der Waals surface area contributed by atoms with Gasteiger partial charge in [-0.1, -0.05) is 24.3 Å². The second-order valence-corrected chi connectivity index (χ2v) is 7.05. The van der Waals surface area contributed by atoms with Crippen molar-refractivity contribution in [1.82, 2.24) is 4.90 Å². The van der Waals surface area contributed by atoms with Crippen LogP contribution in [-0.4, -0.2) is 54.0 Å². The van der Waals surface area contributed by atoms with E-state index in [9.17, 15) is 19.5 Å². The predicted octanol–water partition coefficient (Wildman–Crippen LogP) is 2.03. The number of β-amino-alcohol motifs (C(OH)–C–C–N with tert-alkyl or cyclic N) is 1. The van der Waals surface area contributed by atoms with Gasteiger partial charge in [0.05, 0.1) is 36.6 Å². The molecule has 8 heteroatoms. The summed E-state index contributed by atoms with van der Waals surface area (Å²) in [6, 6.07) is 15.0. The van der Waals surface area contributed by atoms with E-state index >= 15 is 0 Å². The average Bonchev–Trinajstić information content (AvgIpc) is 2.83. The van der Waals surface area contributed by atoms with Gasteiger partial charge in [0.15, 0.2) is 0 Å². The van der Waals surface area contributed by atoms with Gasteiger partial charge in [-0.25, -0.2) is 0 Å². The lowest BCUT2D eigenvalue weighted by Gasteiger charge is -2.25. The van der Waals surface area contributed by atoms with E-state index in [0.29, 0.717) is 22.4 Å². The third kappa shape index (κ3) is 5.08. The third-order valence-corrected chi connectivity index (χ3v) is 4.99. The number of carbonyl (C=O) groups is 3. The first-order valence-corrected chi connectivity index (χ1v) is 9.97. The number of aliphatic hydroxyl groups is 1. The third-order valence-electron chi connectivity index (χ3n) is 4.99. The van der Waals surface area contributed by atoms with E-state index in [1.54, 1.807) is 49.4 Å². The molecule has 8 nitrogen and oxygen atoms in total. The van der Waals surface area contributed by atoms with Crippen LogP contribution in [0.1, 0.15) is 40.9 Å². The fourth-order valence-corrected chi connectivity index (χ4v) is 3.51. The van der Waals surface area contributed by atoms with Crippen LogP contribution >= 0.6 is 0 Å². The number of nitrogens with zero attached hydrogens (tertiary/aromatic N) is 3. The fraction of sp³-hybridized carbons (Fsp3) is 0.304. The molecule has 0 aromatic heterocycles. The second-order valence-electron chi connectivity index (χ2n) is 7.05. The van der Waals surface area contributed by atoms with Crippen LogP contribution in [0.4, 0.5) is 5.69 Å². The summed E-state index contributed by atoms with van der Waals surface area (Å²) in [4.78, 5) is 40.8. The molecule has 0 saturated carbocycles. The quantitative estimate of drug-likeness (QED) is 0.757. The summed E-state index contributed by atoms with van der Waals surface area (Å²) in [5.74, 6) is -1.31. The van der Waals surface area contributed by atoms with Gasteiger partial charge in [0.1, 0.15) is 6.54 Å². The number of fused-ring (bicyclic) bond motifs is 1. The van der Waals surface area contributed by atoms with Crippen molar-refractivity contribution >= 4 is 23.5 Å². The van der Waals surface area contributed by atoms with Gasteiger partial charge >= 0.3 is 5.97 Å². The maximum atomic E-state index is 13.1. The monoisotopic (exact) mass is 421 g/mol. The summed E-state index contributed by atoms with van der Waals surface area (Å²) in [5, 5.41) is 20.0. The number of benzene rings is 2. The van der Waals surface area contributed by atoms with Gasteiger partial charge in [0.25, 0.3) is 5.91 Å². The van der Waals surface area contributed by atoms with Crippen molar-refractivity contribution in [2.24, 2.45) is 0 Å². The molecule has 1 heterocycles. The fourth-order valence-electron chi connectivity index (χ4n) is 3.51. The summed E-state index contributed by atoms with van der Waals surface area (Å²) >= 11 is 0. The molecule has 1 unspecified atom stereocenters. The molecular formula is C23H23N3O5. The van der Waals surface area contributed by atoms with E-state index in [-0.39, 0.29) is 44.5 Å². The first kappa shape index (κ1) is 22.0. The molecule has 1 aliphatic rings. The number of anilines is 1. The molecule has 2 aromatic carbocycles. The summed E-state index contributed by atoms with van der Waals surface area (Å²) in [7, 11) is 0. The Balaban J connectivity index is 1.93. The largest absolute Gasteiger partial charge is 0.465 e. The molecule has 0 radical (unpaired) electrons. The van der Waals surface area contributed by atoms with Crippen LogP contribution in [-0.2, 0) is 14.3 Å². The highest BCUT2D eigenvalue weighted by Crippen LogP contribution is 2.29. The standard InChI is InChI=1S/C23H23N3O5/c1-2-31-22(29)15-26-19-9-4-3-8-18(19)20(27)14-25(11-10-21(26)28)23(30)17-7-5-6-16(12-17)13-24/h3-9,12,20,27H,2,10-11,14-15H2,1H3. The molecule has 3 rings (SSSR count). The number of rotatable bonds is 4. The van der Waals surface area contributed by atoms with E-state index in [4.69, 9.17) is 10.00 Å². The number of hydrogen-bond acceptors (Lipinski definition) is 6. The minimum atomic E-state index is -1.07. The molecule has 1 N–H and O–H groups in total. The van der Waals surface area contributed by atoms with E-state index in [1.807, 2.05) is 6.07 Å². The Bertz CT molecular complexity index is 1030. The number of ether oxygens (including phenoxy) is 1. The minimum absolute atomic E-state index is 0.0346. The van der Waals surface area contributed by atoms with Gasteiger partial charge in [0.2, 0.25) is 5.91 Å². The van der Waals surface area contributed by atoms with Gasteiger partial charge in [-0.15, -0.1) is 0 Å². The maximum Gasteiger partial charge on any atom is 0.326 e. The predicted molar refractivity (Wildman–Crippen MR) is 112 cm³/mol. The Kier molecular flexibility index (Phi) is 7.00. The van der Waals surface area contributed by atoms with Crippen LogP contribution in [0.25, 0.3) is 0 Å². The molecule has 160 valence electrons. The molecular weight excluding hydrogens is 398 g/mol. The van der Waals surface area contributed by atoms with E-state index in [0.717, 1.165) is 0 Å². The topological polar surface area (TPSA) is 111 Å². The van der Waals surface area contributed by atoms with Crippen molar-refractivity contribution in [1.29, 1.82) is 5.26 Å². The van der Waals surface area contributed by atoms with Crippen molar-refractivity contribution in [3.63, 3.8) is 0 Å². The molecule has 0 spiro atoms. The molecule has 0 fully saturated rings. The smallest absolute Gasteiger partial charge is 0.326 e. The summed E-state index contributed by atoms with van der Waals surface area (Å²) < 4.78 is 4.99. The highest BCUT2D eigenvalue weighted by Gasteiger charge is 2.30. The van der Waals surface area contributed by atoms with Crippen molar-refractivity contribution in [2.45, 2.75) is 19.4 Å². The van der Waals surface area contributed by atoms with Crippen LogP contribution in [0.5, 0.6) is 0 Å². The van der Waals surface area contributed by atoms with Crippen molar-refractivity contribution in [3.05, 3.63) is 65.2 Å². The van der Waals surface area contributed by atoms with Crippen LogP contribution in [0, 0.1) is 11.3 Å². The van der Waals surface area contributed by atoms with Crippen LogP contribution < -0.4 is 4.90 Å². The van der Waals surface area contributed by atoms with Crippen LogP contribution in [0.3, 0.4) is 0 Å². The second kappa shape index (κ2) is 9.87. The Hall–Kier alpha value is -3.70. The van der Waals surface area contributed by atoms with Gasteiger partial charge in [-0.05, 0) is 31.2 Å².